The van der Waals surface area contributed by atoms with Gasteiger partial charge in [-0.3, -0.25) is 23.3 Å². The monoisotopic (exact) mass is 321 g/mol. The molecule has 0 bridgehead atoms. The van der Waals surface area contributed by atoms with E-state index in [2.05, 4.69) is 0 Å². The maximum absolute atomic E-state index is 12.7. The van der Waals surface area contributed by atoms with E-state index >= 15 is 0 Å². The summed E-state index contributed by atoms with van der Waals surface area (Å²) >= 11 is 0. The minimum Gasteiger partial charge on any atom is -0.478 e. The Morgan fingerprint density at radius 2 is 1.65 bits per heavy atom. The number of nitrogens with zero attached hydrogens (tertiary/aromatic N) is 3. The van der Waals surface area contributed by atoms with Crippen molar-refractivity contribution < 1.29 is 9.90 Å². The van der Waals surface area contributed by atoms with Gasteiger partial charge in [0.05, 0.1) is 10.9 Å². The van der Waals surface area contributed by atoms with Crippen molar-refractivity contribution in [3.63, 3.8) is 0 Å². The quantitative estimate of drug-likeness (QED) is 0.857. The highest BCUT2D eigenvalue weighted by Gasteiger charge is 2.21. The second-order valence-electron chi connectivity index (χ2n) is 5.35. The fraction of sp³-hybridized carbons (Fsp3) is 0.467. The van der Waals surface area contributed by atoms with E-state index in [4.69, 9.17) is 0 Å². The van der Waals surface area contributed by atoms with Gasteiger partial charge in [0.2, 0.25) is 0 Å². The molecular formula is C15H19N3O5. The molecule has 0 atom stereocenters. The van der Waals surface area contributed by atoms with E-state index in [0.29, 0.717) is 19.4 Å². The number of hydrogen-bond acceptors (Lipinski definition) is 4. The molecule has 2 aromatic heterocycles. The summed E-state index contributed by atoms with van der Waals surface area (Å²) in [5, 5.41) is 9.24. The van der Waals surface area contributed by atoms with E-state index in [1.54, 1.807) is 0 Å². The fourth-order valence-corrected chi connectivity index (χ4v) is 2.72. The zero-order valence-corrected chi connectivity index (χ0v) is 13.3. The van der Waals surface area contributed by atoms with Crippen LogP contribution in [0, 0.1) is 0 Å². The lowest BCUT2D eigenvalue weighted by atomic mass is 10.1. The van der Waals surface area contributed by atoms with E-state index in [9.17, 15) is 24.3 Å². The molecule has 0 amide bonds. The highest BCUT2D eigenvalue weighted by molar-refractivity contribution is 6.01. The van der Waals surface area contributed by atoms with Crippen LogP contribution in [0.3, 0.4) is 0 Å². The lowest BCUT2D eigenvalue weighted by Gasteiger charge is -2.16. The van der Waals surface area contributed by atoms with Gasteiger partial charge in [-0.15, -0.1) is 0 Å². The summed E-state index contributed by atoms with van der Waals surface area (Å²) in [7, 11) is 1.44. The third kappa shape index (κ3) is 2.60. The number of aromatic carboxylic acids is 1. The first-order valence-corrected chi connectivity index (χ1v) is 7.45. The van der Waals surface area contributed by atoms with Gasteiger partial charge in [-0.25, -0.2) is 9.59 Å². The normalized spacial score (nSPS) is 11.1. The van der Waals surface area contributed by atoms with Gasteiger partial charge in [0.1, 0.15) is 5.65 Å². The van der Waals surface area contributed by atoms with Crippen molar-refractivity contribution in [2.75, 3.05) is 0 Å². The Bertz CT molecular complexity index is 949. The molecule has 0 radical (unpaired) electrons. The summed E-state index contributed by atoms with van der Waals surface area (Å²) in [5.74, 6) is -1.37. The molecule has 0 saturated carbocycles. The third-order valence-electron chi connectivity index (χ3n) is 3.70. The molecule has 2 aromatic rings. The van der Waals surface area contributed by atoms with Gasteiger partial charge < -0.3 is 5.11 Å². The Kier molecular flexibility index (Phi) is 4.53. The van der Waals surface area contributed by atoms with Crippen LogP contribution in [0.15, 0.2) is 20.4 Å². The van der Waals surface area contributed by atoms with Gasteiger partial charge in [-0.2, -0.15) is 0 Å². The van der Waals surface area contributed by atoms with Gasteiger partial charge in [0, 0.05) is 26.2 Å². The maximum Gasteiger partial charge on any atom is 0.336 e. The number of aromatic nitrogens is 3. The molecule has 0 aromatic carbocycles. The van der Waals surface area contributed by atoms with Crippen molar-refractivity contribution in [1.29, 1.82) is 0 Å². The number of carbonyl (C=O) groups is 1. The number of carboxylic acids is 1. The van der Waals surface area contributed by atoms with Gasteiger partial charge in [0.25, 0.3) is 11.1 Å². The Morgan fingerprint density at radius 1 is 1.09 bits per heavy atom. The molecule has 8 nitrogen and oxygen atoms in total. The predicted molar refractivity (Wildman–Crippen MR) is 85.3 cm³/mol. The van der Waals surface area contributed by atoms with E-state index in [1.807, 2.05) is 13.8 Å². The molecule has 0 aliphatic heterocycles. The van der Waals surface area contributed by atoms with Crippen molar-refractivity contribution in [3.8, 4) is 0 Å². The molecule has 1 N–H and O–H groups in total. The summed E-state index contributed by atoms with van der Waals surface area (Å²) in [6, 6.07) is 0.947. The molecule has 8 heteroatoms. The average molecular weight is 321 g/mol. The van der Waals surface area contributed by atoms with Crippen LogP contribution in [0.5, 0.6) is 0 Å². The molecular weight excluding hydrogens is 302 g/mol. The number of pyridine rings is 1. The standard InChI is InChI=1S/C15H19N3O5/c1-4-6-17-10(19)8-9(14(21)22)11-12(17)16(3)15(23)18(7-5-2)13(11)20/h8H,4-7H2,1-3H3,(H,21,22). The van der Waals surface area contributed by atoms with E-state index < -0.39 is 22.8 Å². The average Bonchev–Trinajstić information content (AvgIpc) is 2.50. The first kappa shape index (κ1) is 16.7. The van der Waals surface area contributed by atoms with Crippen molar-refractivity contribution in [2.24, 2.45) is 7.05 Å². The molecule has 2 heterocycles. The molecule has 0 aliphatic rings. The van der Waals surface area contributed by atoms with E-state index in [1.165, 1.54) is 16.2 Å². The second kappa shape index (κ2) is 6.23. The van der Waals surface area contributed by atoms with Crippen molar-refractivity contribution in [3.05, 3.63) is 42.8 Å². The van der Waals surface area contributed by atoms with Gasteiger partial charge >= 0.3 is 11.7 Å². The van der Waals surface area contributed by atoms with Crippen molar-refractivity contribution in [2.45, 2.75) is 39.8 Å². The van der Waals surface area contributed by atoms with Gasteiger partial charge in [-0.05, 0) is 12.8 Å². The summed E-state index contributed by atoms with van der Waals surface area (Å²) in [5.41, 5.74) is -2.09. The Balaban J connectivity index is 3.17. The van der Waals surface area contributed by atoms with Crippen molar-refractivity contribution >= 4 is 17.0 Å². The van der Waals surface area contributed by atoms with Crippen LogP contribution in [0.2, 0.25) is 0 Å². The first-order chi connectivity index (χ1) is 10.8. The lowest BCUT2D eigenvalue weighted by Crippen LogP contribution is -2.42. The maximum atomic E-state index is 12.7. The predicted octanol–water partition coefficient (Wildman–Crippen LogP) is 0.380. The summed E-state index contributed by atoms with van der Waals surface area (Å²) < 4.78 is 3.46. The number of hydrogen-bond donors (Lipinski definition) is 1. The molecule has 0 saturated heterocycles. The zero-order chi connectivity index (χ0) is 17.3. The minimum atomic E-state index is -1.37. The smallest absolute Gasteiger partial charge is 0.336 e. The molecule has 0 aliphatic carbocycles. The molecule has 2 rings (SSSR count). The Labute approximate surface area is 131 Å². The number of aryl methyl sites for hydroxylation is 2. The van der Waals surface area contributed by atoms with Crippen molar-refractivity contribution in [1.82, 2.24) is 13.7 Å². The molecule has 0 spiro atoms. The minimum absolute atomic E-state index is 0.0547. The van der Waals surface area contributed by atoms with Crippen LogP contribution in [0.1, 0.15) is 37.0 Å². The molecule has 0 unspecified atom stereocenters. The van der Waals surface area contributed by atoms with Crippen LogP contribution in [0.4, 0.5) is 0 Å². The lowest BCUT2D eigenvalue weighted by molar-refractivity contribution is 0.0698. The molecule has 0 fully saturated rings. The molecule has 124 valence electrons. The number of carboxylic acid groups (broad SMARTS) is 1. The summed E-state index contributed by atoms with van der Waals surface area (Å²) in [4.78, 5) is 48.7. The zero-order valence-electron chi connectivity index (χ0n) is 13.3. The van der Waals surface area contributed by atoms with Crippen LogP contribution in [-0.4, -0.2) is 24.8 Å². The van der Waals surface area contributed by atoms with Crippen LogP contribution in [0.25, 0.3) is 11.0 Å². The fourth-order valence-electron chi connectivity index (χ4n) is 2.72. The molecule has 23 heavy (non-hydrogen) atoms. The van der Waals surface area contributed by atoms with Gasteiger partial charge in [-0.1, -0.05) is 13.8 Å². The van der Waals surface area contributed by atoms with Crippen LogP contribution in [-0.2, 0) is 20.1 Å². The number of rotatable bonds is 5. The SMILES string of the molecule is CCCn1c(=O)c2c(C(=O)O)cc(=O)n(CCC)c2n(C)c1=O. The Morgan fingerprint density at radius 3 is 2.17 bits per heavy atom. The first-order valence-electron chi connectivity index (χ1n) is 7.45. The topological polar surface area (TPSA) is 103 Å². The van der Waals surface area contributed by atoms with Crippen LogP contribution >= 0.6 is 0 Å². The Hall–Kier alpha value is -2.64. The third-order valence-corrected chi connectivity index (χ3v) is 3.70. The largest absolute Gasteiger partial charge is 0.478 e. The second-order valence-corrected chi connectivity index (χ2v) is 5.35. The summed E-state index contributed by atoms with van der Waals surface area (Å²) in [6.45, 7) is 4.14. The number of fused-ring (bicyclic) bond motifs is 1. The van der Waals surface area contributed by atoms with E-state index in [0.717, 1.165) is 10.6 Å². The summed E-state index contributed by atoms with van der Waals surface area (Å²) in [6.07, 6.45) is 1.16. The van der Waals surface area contributed by atoms with Gasteiger partial charge in [0.15, 0.2) is 0 Å². The highest BCUT2D eigenvalue weighted by atomic mass is 16.4. The van der Waals surface area contributed by atoms with Crippen LogP contribution < -0.4 is 16.8 Å². The highest BCUT2D eigenvalue weighted by Crippen LogP contribution is 2.12. The van der Waals surface area contributed by atoms with E-state index in [-0.39, 0.29) is 23.1 Å².